The Hall–Kier alpha value is -4.22. The molecule has 0 aliphatic rings. The third-order valence-corrected chi connectivity index (χ3v) is 5.32. The number of hydrogen-bond acceptors (Lipinski definition) is 8. The van der Waals surface area contributed by atoms with E-state index >= 15 is 0 Å². The van der Waals surface area contributed by atoms with Gasteiger partial charge in [-0.2, -0.15) is 14.6 Å². The van der Waals surface area contributed by atoms with Crippen LogP contribution in [-0.4, -0.2) is 26.0 Å². The molecule has 0 aliphatic carbocycles. The van der Waals surface area contributed by atoms with Crippen LogP contribution >= 0.6 is 11.5 Å². The number of pyridine rings is 2. The van der Waals surface area contributed by atoms with Crippen molar-refractivity contribution in [3.8, 4) is 27.9 Å². The molecule has 164 valence electrons. The number of nitrogens with one attached hydrogen (secondary N) is 1. The first-order chi connectivity index (χ1) is 16.1. The lowest BCUT2D eigenvalue weighted by Crippen LogP contribution is -2.01. The Morgan fingerprint density at radius 2 is 1.97 bits per heavy atom. The minimum atomic E-state index is 0.593. The quantitative estimate of drug-likeness (QED) is 0.340. The molecule has 4 rings (SSSR count). The van der Waals surface area contributed by atoms with Crippen LogP contribution in [0.25, 0.3) is 27.9 Å². The average molecular weight is 454 g/mol. The van der Waals surface area contributed by atoms with Crippen molar-refractivity contribution in [2.24, 2.45) is 4.99 Å². The highest BCUT2D eigenvalue weighted by atomic mass is 32.1. The van der Waals surface area contributed by atoms with E-state index in [-0.39, 0.29) is 0 Å². The van der Waals surface area contributed by atoms with Crippen LogP contribution in [0.15, 0.2) is 66.4 Å². The van der Waals surface area contributed by atoms with Crippen molar-refractivity contribution in [2.75, 3.05) is 5.32 Å². The lowest BCUT2D eigenvalue weighted by molar-refractivity contribution is 1.08. The molecule has 0 atom stereocenters. The summed E-state index contributed by atoms with van der Waals surface area (Å²) in [6.07, 6.45) is 5.42. The fourth-order valence-corrected chi connectivity index (χ4v) is 3.63. The maximum atomic E-state index is 7.32. The second-order valence-corrected chi connectivity index (χ2v) is 7.63. The Morgan fingerprint density at radius 1 is 1.15 bits per heavy atom. The normalized spacial score (nSPS) is 9.85. The van der Waals surface area contributed by atoms with E-state index in [1.807, 2.05) is 49.5 Å². The van der Waals surface area contributed by atoms with Crippen molar-refractivity contribution in [3.63, 3.8) is 0 Å². The van der Waals surface area contributed by atoms with Gasteiger partial charge in [-0.15, -0.1) is 0 Å². The number of aliphatic imine (C=N–C) groups is 1. The standard InChI is InChI=1S/C23H20N6S.C2H3N/c1-4-17-12-19(6-8-20(17)24-3)22-28-23(29-30-22)27-14-16-5-7-21(26-13-16)18-9-10-25-15(2)11-18;1-2-3/h4-13H,1,3,14H2,2H3,(H,27,29);1H3. The summed E-state index contributed by atoms with van der Waals surface area (Å²) < 4.78 is 4.41. The van der Waals surface area contributed by atoms with Gasteiger partial charge in [-0.25, -0.2) is 0 Å². The summed E-state index contributed by atoms with van der Waals surface area (Å²) in [4.78, 5) is 17.4. The molecule has 8 heteroatoms. The number of benzene rings is 1. The van der Waals surface area contributed by atoms with Crippen molar-refractivity contribution in [1.29, 1.82) is 5.26 Å². The highest BCUT2D eigenvalue weighted by molar-refractivity contribution is 7.09. The summed E-state index contributed by atoms with van der Waals surface area (Å²) in [6.45, 7) is 11.4. The van der Waals surface area contributed by atoms with Gasteiger partial charge in [-0.1, -0.05) is 18.7 Å². The molecule has 0 unspecified atom stereocenters. The highest BCUT2D eigenvalue weighted by Crippen LogP contribution is 2.29. The molecule has 33 heavy (non-hydrogen) atoms. The molecule has 3 aromatic heterocycles. The maximum absolute atomic E-state index is 7.32. The minimum absolute atomic E-state index is 0.593. The summed E-state index contributed by atoms with van der Waals surface area (Å²) in [7, 11) is 0. The van der Waals surface area contributed by atoms with Gasteiger partial charge in [-0.3, -0.25) is 15.0 Å². The van der Waals surface area contributed by atoms with Crippen LogP contribution in [0.2, 0.25) is 0 Å². The van der Waals surface area contributed by atoms with Gasteiger partial charge in [-0.05, 0) is 67.1 Å². The van der Waals surface area contributed by atoms with Crippen LogP contribution < -0.4 is 5.32 Å². The smallest absolute Gasteiger partial charge is 0.235 e. The second-order valence-electron chi connectivity index (χ2n) is 6.87. The lowest BCUT2D eigenvalue weighted by Gasteiger charge is -2.05. The Bertz CT molecular complexity index is 1290. The molecule has 0 fully saturated rings. The van der Waals surface area contributed by atoms with Gasteiger partial charge in [0.25, 0.3) is 0 Å². The second kappa shape index (κ2) is 11.4. The zero-order chi connectivity index (χ0) is 23.6. The van der Waals surface area contributed by atoms with Gasteiger partial charge in [0, 0.05) is 48.2 Å². The van der Waals surface area contributed by atoms with E-state index in [0.29, 0.717) is 12.5 Å². The molecule has 0 spiro atoms. The van der Waals surface area contributed by atoms with E-state index in [4.69, 9.17) is 5.26 Å². The SMILES string of the molecule is C=Cc1cc(-c2nc(NCc3ccc(-c4ccnc(C)c4)nc3)ns2)ccc1N=C.CC#N. The predicted molar refractivity (Wildman–Crippen MR) is 135 cm³/mol. The van der Waals surface area contributed by atoms with E-state index in [0.717, 1.165) is 44.3 Å². The van der Waals surface area contributed by atoms with E-state index < -0.39 is 0 Å². The summed E-state index contributed by atoms with van der Waals surface area (Å²) >= 11 is 1.35. The van der Waals surface area contributed by atoms with E-state index in [1.54, 1.807) is 18.3 Å². The fraction of sp³-hybridized carbons (Fsp3) is 0.120. The number of hydrogen-bond donors (Lipinski definition) is 1. The van der Waals surface area contributed by atoms with Crippen molar-refractivity contribution in [3.05, 3.63) is 78.3 Å². The van der Waals surface area contributed by atoms with Gasteiger partial charge in [0.2, 0.25) is 5.95 Å². The fourth-order valence-electron chi connectivity index (χ4n) is 2.99. The monoisotopic (exact) mass is 453 g/mol. The number of rotatable bonds is 7. The first kappa shape index (κ1) is 23.4. The first-order valence-electron chi connectivity index (χ1n) is 10.1. The van der Waals surface area contributed by atoms with Crippen molar-refractivity contribution in [1.82, 2.24) is 19.3 Å². The van der Waals surface area contributed by atoms with Crippen LogP contribution in [0.5, 0.6) is 0 Å². The summed E-state index contributed by atoms with van der Waals surface area (Å²) in [5, 5.41) is 11.4. The average Bonchev–Trinajstić information content (AvgIpc) is 3.32. The molecule has 1 N–H and O–H groups in total. The molecule has 0 bridgehead atoms. The van der Waals surface area contributed by atoms with Crippen LogP contribution in [0.1, 0.15) is 23.7 Å². The third-order valence-electron chi connectivity index (χ3n) is 4.56. The van der Waals surface area contributed by atoms with Crippen LogP contribution in [0.4, 0.5) is 11.6 Å². The summed E-state index contributed by atoms with van der Waals surface area (Å²) in [5.74, 6) is 0.593. The Labute approximate surface area is 197 Å². The van der Waals surface area contributed by atoms with Gasteiger partial charge < -0.3 is 5.32 Å². The topological polar surface area (TPSA) is 99.7 Å². The summed E-state index contributed by atoms with van der Waals surface area (Å²) in [6, 6.07) is 15.7. The molecule has 0 amide bonds. The van der Waals surface area contributed by atoms with E-state index in [1.165, 1.54) is 18.5 Å². The first-order valence-corrected chi connectivity index (χ1v) is 10.8. The summed E-state index contributed by atoms with van der Waals surface area (Å²) in [5.41, 5.74) is 6.70. The molecule has 3 heterocycles. The molecule has 4 aromatic rings. The van der Waals surface area contributed by atoms with Gasteiger partial charge >= 0.3 is 0 Å². The predicted octanol–water partition coefficient (Wildman–Crippen LogP) is 6.09. The van der Waals surface area contributed by atoms with Crippen LogP contribution in [0, 0.1) is 18.3 Å². The molecule has 7 nitrogen and oxygen atoms in total. The number of nitriles is 1. The van der Waals surface area contributed by atoms with Gasteiger partial charge in [0.05, 0.1) is 17.5 Å². The number of aryl methyl sites for hydroxylation is 1. The molecular weight excluding hydrogens is 430 g/mol. The number of anilines is 1. The van der Waals surface area contributed by atoms with Crippen LogP contribution in [-0.2, 0) is 6.54 Å². The molecule has 0 saturated heterocycles. The van der Waals surface area contributed by atoms with Gasteiger partial charge in [0.15, 0.2) is 0 Å². The maximum Gasteiger partial charge on any atom is 0.235 e. The highest BCUT2D eigenvalue weighted by Gasteiger charge is 2.09. The molecular formula is C25H23N7S. The largest absolute Gasteiger partial charge is 0.349 e. The third kappa shape index (κ3) is 6.15. The zero-order valence-corrected chi connectivity index (χ0v) is 19.3. The van der Waals surface area contributed by atoms with E-state index in [2.05, 4.69) is 49.0 Å². The van der Waals surface area contributed by atoms with Gasteiger partial charge in [0.1, 0.15) is 5.01 Å². The Kier molecular flexibility index (Phi) is 8.11. The van der Waals surface area contributed by atoms with Crippen molar-refractivity contribution >= 4 is 36.0 Å². The molecule has 0 radical (unpaired) electrons. The van der Waals surface area contributed by atoms with Crippen molar-refractivity contribution in [2.45, 2.75) is 20.4 Å². The molecule has 0 aliphatic heterocycles. The minimum Gasteiger partial charge on any atom is -0.349 e. The molecule has 1 aromatic carbocycles. The number of nitrogens with zero attached hydrogens (tertiary/aromatic N) is 6. The number of aromatic nitrogens is 4. The molecule has 0 saturated carbocycles. The van der Waals surface area contributed by atoms with Crippen LogP contribution in [0.3, 0.4) is 0 Å². The van der Waals surface area contributed by atoms with E-state index in [9.17, 15) is 0 Å². The Morgan fingerprint density at radius 3 is 2.64 bits per heavy atom. The Balaban J connectivity index is 0.000000968. The van der Waals surface area contributed by atoms with Crippen molar-refractivity contribution < 1.29 is 0 Å². The lowest BCUT2D eigenvalue weighted by atomic mass is 10.1. The zero-order valence-electron chi connectivity index (χ0n) is 18.5.